The number of carbonyl (C=O) groups is 3. The van der Waals surface area contributed by atoms with Crippen molar-refractivity contribution in [1.82, 2.24) is 9.80 Å². The van der Waals surface area contributed by atoms with Crippen LogP contribution in [-0.2, 0) is 27.5 Å². The minimum atomic E-state index is -1.83. The highest BCUT2D eigenvalue weighted by atomic mass is 16.4. The molecule has 0 spiro atoms. The van der Waals surface area contributed by atoms with Gasteiger partial charge in [0.25, 0.3) is 0 Å². The van der Waals surface area contributed by atoms with Crippen LogP contribution >= 0.6 is 0 Å². The van der Waals surface area contributed by atoms with E-state index in [-0.39, 0.29) is 38.0 Å². The van der Waals surface area contributed by atoms with E-state index in [1.807, 2.05) is 97.9 Å². The maximum atomic E-state index is 13.9. The van der Waals surface area contributed by atoms with Gasteiger partial charge in [0.15, 0.2) is 5.41 Å². The number of amides is 2. The number of likely N-dealkylation sites (tertiary alicyclic amines) is 1. The van der Waals surface area contributed by atoms with Crippen LogP contribution < -0.4 is 0 Å². The molecule has 6 heteroatoms. The maximum Gasteiger partial charge on any atom is 0.321 e. The van der Waals surface area contributed by atoms with E-state index in [0.717, 1.165) is 16.7 Å². The average molecular weight is 457 g/mol. The molecular formula is C28H28N2O4. The number of nitrogens with zero attached hydrogens (tertiary/aromatic N) is 2. The Morgan fingerprint density at radius 3 is 1.82 bits per heavy atom. The summed E-state index contributed by atoms with van der Waals surface area (Å²) in [5.41, 5.74) is 0.858. The van der Waals surface area contributed by atoms with Gasteiger partial charge in [0.05, 0.1) is 12.5 Å². The van der Waals surface area contributed by atoms with E-state index in [1.165, 1.54) is 4.90 Å². The molecule has 0 aliphatic carbocycles. The molecule has 0 saturated carbocycles. The van der Waals surface area contributed by atoms with Crippen LogP contribution in [0.15, 0.2) is 91.0 Å². The van der Waals surface area contributed by atoms with Crippen LogP contribution in [0, 0.1) is 5.41 Å². The Kier molecular flexibility index (Phi) is 6.77. The molecular weight excluding hydrogens is 428 g/mol. The van der Waals surface area contributed by atoms with Crippen molar-refractivity contribution >= 4 is 17.8 Å². The number of benzene rings is 3. The van der Waals surface area contributed by atoms with Crippen molar-refractivity contribution in [2.24, 2.45) is 5.41 Å². The molecule has 1 aliphatic rings. The summed E-state index contributed by atoms with van der Waals surface area (Å²) >= 11 is 0. The van der Waals surface area contributed by atoms with Crippen molar-refractivity contribution in [1.29, 1.82) is 0 Å². The zero-order valence-electron chi connectivity index (χ0n) is 19.1. The second-order valence-electron chi connectivity index (χ2n) is 8.80. The number of hydrogen-bond donors (Lipinski definition) is 1. The van der Waals surface area contributed by atoms with Gasteiger partial charge in [-0.25, -0.2) is 0 Å². The summed E-state index contributed by atoms with van der Waals surface area (Å²) in [7, 11) is 0. The van der Waals surface area contributed by atoms with Crippen molar-refractivity contribution in [2.45, 2.75) is 32.5 Å². The normalized spacial score (nSPS) is 18.5. The Morgan fingerprint density at radius 2 is 1.35 bits per heavy atom. The van der Waals surface area contributed by atoms with Gasteiger partial charge in [-0.1, -0.05) is 91.0 Å². The van der Waals surface area contributed by atoms with Gasteiger partial charge < -0.3 is 14.9 Å². The third-order valence-corrected chi connectivity index (χ3v) is 6.50. The fourth-order valence-corrected chi connectivity index (χ4v) is 4.55. The molecule has 3 aromatic carbocycles. The molecule has 4 rings (SSSR count). The van der Waals surface area contributed by atoms with E-state index < -0.39 is 17.3 Å². The van der Waals surface area contributed by atoms with Gasteiger partial charge in [-0.05, 0) is 23.6 Å². The highest BCUT2D eigenvalue weighted by Gasteiger charge is 2.57. The summed E-state index contributed by atoms with van der Waals surface area (Å²) in [6.45, 7) is 2.22. The van der Waals surface area contributed by atoms with Crippen molar-refractivity contribution < 1.29 is 19.5 Å². The number of carboxylic acid groups (broad SMARTS) is 1. The van der Waals surface area contributed by atoms with Gasteiger partial charge in [-0.15, -0.1) is 0 Å². The zero-order chi connectivity index (χ0) is 24.1. The van der Waals surface area contributed by atoms with Crippen LogP contribution in [0.5, 0.6) is 0 Å². The van der Waals surface area contributed by atoms with Crippen molar-refractivity contribution in [3.63, 3.8) is 0 Å². The van der Waals surface area contributed by atoms with Crippen LogP contribution in [0.25, 0.3) is 0 Å². The molecule has 6 nitrogen and oxygen atoms in total. The Hall–Kier alpha value is -3.93. The Morgan fingerprint density at radius 1 is 0.882 bits per heavy atom. The fourth-order valence-electron chi connectivity index (χ4n) is 4.55. The second kappa shape index (κ2) is 9.91. The standard InChI is InChI=1S/C28H28N2O4/c1-21(24-15-9-4-10-16-24)30-20-28(27(33)34,17-25(30)31)26(32)29(18-22-11-5-2-6-12-22)19-23-13-7-3-8-14-23/h2-16,21H,17-20H2,1H3,(H,33,34)/t21-,28?/m0/s1. The number of rotatable bonds is 8. The lowest BCUT2D eigenvalue weighted by Crippen LogP contribution is -2.50. The SMILES string of the molecule is C[C@@H](c1ccccc1)N1CC(C(=O)O)(C(=O)N(Cc2ccccc2)Cc2ccccc2)CC1=O. The van der Waals surface area contributed by atoms with E-state index in [4.69, 9.17) is 0 Å². The second-order valence-corrected chi connectivity index (χ2v) is 8.80. The van der Waals surface area contributed by atoms with Crippen molar-refractivity contribution in [2.75, 3.05) is 6.54 Å². The van der Waals surface area contributed by atoms with Gasteiger partial charge in [-0.3, -0.25) is 14.4 Å². The predicted molar refractivity (Wildman–Crippen MR) is 128 cm³/mol. The predicted octanol–water partition coefficient (Wildman–Crippen LogP) is 4.28. The van der Waals surface area contributed by atoms with Gasteiger partial charge >= 0.3 is 5.97 Å². The Bertz CT molecular complexity index is 1110. The highest BCUT2D eigenvalue weighted by Crippen LogP contribution is 2.39. The van der Waals surface area contributed by atoms with Gasteiger partial charge in [-0.2, -0.15) is 0 Å². The quantitative estimate of drug-likeness (QED) is 0.513. The summed E-state index contributed by atoms with van der Waals surface area (Å²) in [4.78, 5) is 42.7. The molecule has 1 unspecified atom stereocenters. The van der Waals surface area contributed by atoms with E-state index >= 15 is 0 Å². The molecule has 1 heterocycles. The average Bonchev–Trinajstić information content (AvgIpc) is 3.23. The first-order chi connectivity index (χ1) is 16.4. The summed E-state index contributed by atoms with van der Waals surface area (Å²) in [6, 6.07) is 28.1. The summed E-state index contributed by atoms with van der Waals surface area (Å²) in [5.74, 6) is -2.13. The molecule has 1 fully saturated rings. The number of carbonyl (C=O) groups excluding carboxylic acids is 2. The number of carboxylic acids is 1. The van der Waals surface area contributed by atoms with Gasteiger partial charge in [0.2, 0.25) is 11.8 Å². The Balaban J connectivity index is 1.66. The molecule has 2 atom stereocenters. The summed E-state index contributed by atoms with van der Waals surface area (Å²) in [5, 5.41) is 10.3. The third kappa shape index (κ3) is 4.71. The van der Waals surface area contributed by atoms with Crippen LogP contribution in [0.1, 0.15) is 36.1 Å². The number of hydrogen-bond acceptors (Lipinski definition) is 3. The molecule has 34 heavy (non-hydrogen) atoms. The molecule has 174 valence electrons. The molecule has 1 N–H and O–H groups in total. The smallest absolute Gasteiger partial charge is 0.321 e. The highest BCUT2D eigenvalue weighted by molar-refractivity contribution is 6.07. The first kappa shape index (κ1) is 23.2. The van der Waals surface area contributed by atoms with Crippen molar-refractivity contribution in [3.05, 3.63) is 108 Å². The molecule has 1 aliphatic heterocycles. The minimum absolute atomic E-state index is 0.157. The lowest BCUT2D eigenvalue weighted by Gasteiger charge is -2.32. The van der Waals surface area contributed by atoms with Crippen molar-refractivity contribution in [3.8, 4) is 0 Å². The topological polar surface area (TPSA) is 77.9 Å². The lowest BCUT2D eigenvalue weighted by molar-refractivity contribution is -0.161. The molecule has 3 aromatic rings. The summed E-state index contributed by atoms with van der Waals surface area (Å²) in [6.07, 6.45) is -0.349. The molecule has 0 bridgehead atoms. The van der Waals surface area contributed by atoms with Crippen LogP contribution in [0.3, 0.4) is 0 Å². The van der Waals surface area contributed by atoms with Crippen LogP contribution in [0.2, 0.25) is 0 Å². The van der Waals surface area contributed by atoms with Gasteiger partial charge in [0.1, 0.15) is 0 Å². The zero-order valence-corrected chi connectivity index (χ0v) is 19.1. The number of aliphatic carboxylic acids is 1. The lowest BCUT2D eigenvalue weighted by atomic mass is 9.84. The van der Waals surface area contributed by atoms with E-state index in [9.17, 15) is 19.5 Å². The van der Waals surface area contributed by atoms with E-state index in [1.54, 1.807) is 4.90 Å². The summed E-state index contributed by atoms with van der Waals surface area (Å²) < 4.78 is 0. The van der Waals surface area contributed by atoms with Gasteiger partial charge in [0, 0.05) is 19.6 Å². The molecule has 2 amide bonds. The molecule has 0 aromatic heterocycles. The largest absolute Gasteiger partial charge is 0.480 e. The van der Waals surface area contributed by atoms with E-state index in [0.29, 0.717) is 0 Å². The first-order valence-electron chi connectivity index (χ1n) is 11.4. The molecule has 0 radical (unpaired) electrons. The first-order valence-corrected chi connectivity index (χ1v) is 11.4. The molecule has 1 saturated heterocycles. The maximum absolute atomic E-state index is 13.9. The van der Waals surface area contributed by atoms with Crippen LogP contribution in [0.4, 0.5) is 0 Å². The third-order valence-electron chi connectivity index (χ3n) is 6.50. The fraction of sp³-hybridized carbons (Fsp3) is 0.250. The van der Waals surface area contributed by atoms with E-state index in [2.05, 4.69) is 0 Å². The van der Waals surface area contributed by atoms with Crippen LogP contribution in [-0.4, -0.2) is 39.2 Å². The monoisotopic (exact) mass is 456 g/mol. The Labute approximate surface area is 199 Å². The minimum Gasteiger partial charge on any atom is -0.480 e.